The van der Waals surface area contributed by atoms with E-state index in [1.54, 1.807) is 72.8 Å². The maximum atomic E-state index is 13.3. The molecule has 4 rings (SSSR count). The second-order valence-corrected chi connectivity index (χ2v) is 12.6. The molecule has 15 heteroatoms. The van der Waals surface area contributed by atoms with Crippen molar-refractivity contribution in [1.29, 1.82) is 0 Å². The Balaban J connectivity index is 1.09. The minimum Gasteiger partial charge on any atom is -0.432 e. The van der Waals surface area contributed by atoms with Gasteiger partial charge >= 0.3 is 12.2 Å². The number of sulfonamides is 1. The van der Waals surface area contributed by atoms with Gasteiger partial charge in [-0.25, -0.2) is 18.0 Å². The van der Waals surface area contributed by atoms with E-state index >= 15 is 0 Å². The SMILES string of the molecule is COCCOCCOCCOCCOC(=O)OCN1C=CC=C(CNC(=O)Nc2ccc(NS(=O)(=O)c3ccccc3-c3ccccc3)cc2)C1. The van der Waals surface area contributed by atoms with Gasteiger partial charge in [0.25, 0.3) is 10.0 Å². The van der Waals surface area contributed by atoms with Gasteiger partial charge in [0.2, 0.25) is 0 Å². The Bertz CT molecular complexity index is 1690. The normalized spacial score (nSPS) is 12.6. The van der Waals surface area contributed by atoms with Crippen molar-refractivity contribution in [3.63, 3.8) is 0 Å². The summed E-state index contributed by atoms with van der Waals surface area (Å²) in [4.78, 5) is 26.4. The molecule has 2 amide bonds. The summed E-state index contributed by atoms with van der Waals surface area (Å²) < 4.78 is 60.2. The highest BCUT2D eigenvalue weighted by molar-refractivity contribution is 7.92. The van der Waals surface area contributed by atoms with Crippen LogP contribution < -0.4 is 15.4 Å². The molecule has 0 bridgehead atoms. The Morgan fingerprint density at radius 1 is 0.745 bits per heavy atom. The molecule has 14 nitrogen and oxygen atoms in total. The number of methoxy groups -OCH3 is 1. The molecule has 0 atom stereocenters. The number of allylic oxidation sites excluding steroid dienone is 2. The Morgan fingerprint density at radius 3 is 2.08 bits per heavy atom. The molecule has 3 N–H and O–H groups in total. The number of benzene rings is 3. The fraction of sp³-hybridized carbons (Fsp3) is 0.333. The number of hydrogen-bond donors (Lipinski definition) is 3. The number of nitrogens with zero attached hydrogens (tertiary/aromatic N) is 1. The fourth-order valence-electron chi connectivity index (χ4n) is 4.67. The largest absolute Gasteiger partial charge is 0.510 e. The van der Waals surface area contributed by atoms with E-state index in [0.29, 0.717) is 63.1 Å². The van der Waals surface area contributed by atoms with Crippen LogP contribution in [0.25, 0.3) is 11.1 Å². The topological polar surface area (TPSA) is 163 Å². The molecule has 0 fully saturated rings. The standard InChI is InChI=1S/C36H44N4O10S/c1-45-18-19-46-20-21-47-22-23-48-24-25-49-36(42)50-28-40-17-7-8-29(27-40)26-37-35(41)38-31-13-15-32(16-14-31)39-51(43,44)34-12-6-5-11-33(34)30-9-3-2-4-10-30/h2-17,39H,18-28H2,1H3,(H2,37,38,41). The van der Waals surface area contributed by atoms with Gasteiger partial charge in [-0.2, -0.15) is 0 Å². The van der Waals surface area contributed by atoms with Crippen LogP contribution in [0.5, 0.6) is 0 Å². The van der Waals surface area contributed by atoms with Crippen molar-refractivity contribution >= 4 is 33.6 Å². The van der Waals surface area contributed by atoms with Crippen molar-refractivity contribution < 1.29 is 46.4 Å². The second kappa shape index (κ2) is 21.3. The van der Waals surface area contributed by atoms with Crippen LogP contribution in [0.3, 0.4) is 0 Å². The summed E-state index contributed by atoms with van der Waals surface area (Å²) in [5.41, 5.74) is 3.08. The third-order valence-electron chi connectivity index (χ3n) is 7.14. The number of nitrogens with one attached hydrogen (secondary N) is 3. The predicted octanol–water partition coefficient (Wildman–Crippen LogP) is 4.84. The third kappa shape index (κ3) is 14.1. The summed E-state index contributed by atoms with van der Waals surface area (Å²) in [5, 5.41) is 5.53. The van der Waals surface area contributed by atoms with E-state index in [-0.39, 0.29) is 31.4 Å². The van der Waals surface area contributed by atoms with Crippen LogP contribution in [0.4, 0.5) is 21.0 Å². The third-order valence-corrected chi connectivity index (χ3v) is 8.58. The van der Waals surface area contributed by atoms with Crippen LogP contribution in [-0.4, -0.2) is 105 Å². The van der Waals surface area contributed by atoms with Gasteiger partial charge < -0.3 is 44.0 Å². The lowest BCUT2D eigenvalue weighted by Crippen LogP contribution is -2.34. The van der Waals surface area contributed by atoms with Crippen LogP contribution in [0.1, 0.15) is 0 Å². The van der Waals surface area contributed by atoms with E-state index in [4.69, 9.17) is 28.4 Å². The van der Waals surface area contributed by atoms with Crippen molar-refractivity contribution in [2.75, 3.05) is 89.8 Å². The number of ether oxygens (including phenoxy) is 6. The summed E-state index contributed by atoms with van der Waals surface area (Å²) in [6.45, 7) is 3.65. The van der Waals surface area contributed by atoms with Gasteiger partial charge in [0.1, 0.15) is 6.61 Å². The molecule has 0 aliphatic carbocycles. The Hall–Kier alpha value is -4.93. The molecule has 3 aromatic rings. The molecular formula is C36H44N4O10S. The molecule has 0 unspecified atom stereocenters. The average molecular weight is 725 g/mol. The first-order chi connectivity index (χ1) is 24.8. The zero-order chi connectivity index (χ0) is 36.2. The highest BCUT2D eigenvalue weighted by atomic mass is 32.2. The monoisotopic (exact) mass is 724 g/mol. The van der Waals surface area contributed by atoms with E-state index in [0.717, 1.165) is 11.1 Å². The number of amides is 2. The lowest BCUT2D eigenvalue weighted by Gasteiger charge is -2.24. The fourth-order valence-corrected chi connectivity index (χ4v) is 5.96. The zero-order valence-corrected chi connectivity index (χ0v) is 29.3. The molecule has 274 valence electrons. The van der Waals surface area contributed by atoms with Crippen molar-refractivity contribution in [2.24, 2.45) is 0 Å². The lowest BCUT2D eigenvalue weighted by atomic mass is 10.1. The molecule has 51 heavy (non-hydrogen) atoms. The number of urea groups is 1. The smallest absolute Gasteiger partial charge is 0.432 e. The quantitative estimate of drug-likeness (QED) is 0.102. The summed E-state index contributed by atoms with van der Waals surface area (Å²) in [7, 11) is -2.28. The maximum absolute atomic E-state index is 13.3. The predicted molar refractivity (Wildman–Crippen MR) is 192 cm³/mol. The first-order valence-electron chi connectivity index (χ1n) is 16.3. The van der Waals surface area contributed by atoms with E-state index in [2.05, 4.69) is 15.4 Å². The minimum absolute atomic E-state index is 0.0338. The second-order valence-electron chi connectivity index (χ2n) is 11.0. The van der Waals surface area contributed by atoms with Crippen LogP contribution in [0.15, 0.2) is 108 Å². The number of carbonyl (C=O) groups is 2. The molecule has 0 aromatic heterocycles. The van der Waals surface area contributed by atoms with Gasteiger partial charge in [-0.15, -0.1) is 0 Å². The summed E-state index contributed by atoms with van der Waals surface area (Å²) in [6.07, 6.45) is 4.59. The summed E-state index contributed by atoms with van der Waals surface area (Å²) in [6, 6.07) is 22.0. The molecule has 0 saturated heterocycles. The van der Waals surface area contributed by atoms with E-state index < -0.39 is 22.2 Å². The van der Waals surface area contributed by atoms with Crippen molar-refractivity contribution in [2.45, 2.75) is 4.90 Å². The molecule has 3 aromatic carbocycles. The number of carbonyl (C=O) groups excluding carboxylic acids is 2. The number of hydrogen-bond acceptors (Lipinski definition) is 11. The summed E-state index contributed by atoms with van der Waals surface area (Å²) >= 11 is 0. The van der Waals surface area contributed by atoms with Gasteiger partial charge in [-0.3, -0.25) is 4.72 Å². The van der Waals surface area contributed by atoms with E-state index in [9.17, 15) is 18.0 Å². The van der Waals surface area contributed by atoms with Crippen molar-refractivity contribution in [3.05, 3.63) is 103 Å². The van der Waals surface area contributed by atoms with Crippen molar-refractivity contribution in [3.8, 4) is 11.1 Å². The van der Waals surface area contributed by atoms with Gasteiger partial charge in [-0.05, 0) is 47.5 Å². The molecule has 0 spiro atoms. The van der Waals surface area contributed by atoms with Crippen LogP contribution in [0.2, 0.25) is 0 Å². The Kier molecular flexibility index (Phi) is 16.3. The Labute approximate surface area is 298 Å². The maximum Gasteiger partial charge on any atom is 0.510 e. The first-order valence-corrected chi connectivity index (χ1v) is 17.8. The highest BCUT2D eigenvalue weighted by Gasteiger charge is 2.19. The molecule has 1 aliphatic heterocycles. The average Bonchev–Trinajstić information content (AvgIpc) is 3.15. The van der Waals surface area contributed by atoms with E-state index in [1.165, 1.54) is 0 Å². The molecule has 1 aliphatic rings. The first kappa shape index (κ1) is 38.9. The molecule has 1 heterocycles. The van der Waals surface area contributed by atoms with Gasteiger partial charge in [0, 0.05) is 43.3 Å². The number of anilines is 2. The van der Waals surface area contributed by atoms with Crippen LogP contribution in [0, 0.1) is 0 Å². The van der Waals surface area contributed by atoms with E-state index in [1.807, 2.05) is 36.4 Å². The van der Waals surface area contributed by atoms with Crippen LogP contribution in [-0.2, 0) is 38.4 Å². The van der Waals surface area contributed by atoms with Gasteiger partial charge in [0.15, 0.2) is 6.73 Å². The van der Waals surface area contributed by atoms with Crippen molar-refractivity contribution in [1.82, 2.24) is 10.2 Å². The summed E-state index contributed by atoms with van der Waals surface area (Å²) in [5.74, 6) is 0. The van der Waals surface area contributed by atoms with Gasteiger partial charge in [0.05, 0.1) is 51.1 Å². The molecule has 0 radical (unpaired) electrons. The zero-order valence-electron chi connectivity index (χ0n) is 28.5. The Morgan fingerprint density at radius 2 is 1.37 bits per heavy atom. The molecule has 0 saturated carbocycles. The highest BCUT2D eigenvalue weighted by Crippen LogP contribution is 2.28. The van der Waals surface area contributed by atoms with Crippen LogP contribution >= 0.6 is 0 Å². The minimum atomic E-state index is -3.89. The number of rotatable bonds is 21. The van der Waals surface area contributed by atoms with Gasteiger partial charge in [-0.1, -0.05) is 54.6 Å². The lowest BCUT2D eigenvalue weighted by molar-refractivity contribution is -0.0129. The molecular weight excluding hydrogens is 680 g/mol.